The first-order valence-corrected chi connectivity index (χ1v) is 8.74. The van der Waals surface area contributed by atoms with Gasteiger partial charge in [0, 0.05) is 11.3 Å². The molecule has 1 heterocycles. The summed E-state index contributed by atoms with van der Waals surface area (Å²) in [5.41, 5.74) is 1.62. The Labute approximate surface area is 165 Å². The van der Waals surface area contributed by atoms with Crippen LogP contribution in [0.15, 0.2) is 54.9 Å². The van der Waals surface area contributed by atoms with Gasteiger partial charge in [-0.1, -0.05) is 12.1 Å². The van der Waals surface area contributed by atoms with E-state index in [2.05, 4.69) is 15.3 Å². The lowest BCUT2D eigenvalue weighted by Crippen LogP contribution is -2.16. The first kappa shape index (κ1) is 20.3. The van der Waals surface area contributed by atoms with Gasteiger partial charge in [0.1, 0.15) is 23.6 Å². The number of hydrogen-bond acceptors (Lipinski definition) is 4. The third kappa shape index (κ3) is 5.31. The van der Waals surface area contributed by atoms with E-state index in [4.69, 9.17) is 4.74 Å². The normalized spacial score (nSPS) is 11.2. The average molecular weight is 401 g/mol. The van der Waals surface area contributed by atoms with Gasteiger partial charge in [-0.25, -0.2) is 9.97 Å². The number of halogens is 3. The Morgan fingerprint density at radius 2 is 1.55 bits per heavy atom. The smallest absolute Gasteiger partial charge is 0.416 e. The van der Waals surface area contributed by atoms with Crippen LogP contribution in [0.3, 0.4) is 0 Å². The van der Waals surface area contributed by atoms with Gasteiger partial charge in [0.05, 0.1) is 12.0 Å². The van der Waals surface area contributed by atoms with Crippen molar-refractivity contribution in [1.29, 1.82) is 0 Å². The molecule has 150 valence electrons. The zero-order valence-electron chi connectivity index (χ0n) is 15.7. The maximum absolute atomic E-state index is 12.6. The summed E-state index contributed by atoms with van der Waals surface area (Å²) in [5.74, 6) is 1.00. The van der Waals surface area contributed by atoms with Crippen LogP contribution >= 0.6 is 0 Å². The summed E-state index contributed by atoms with van der Waals surface area (Å²) in [6, 6.07) is 11.2. The molecule has 0 atom stereocenters. The summed E-state index contributed by atoms with van der Waals surface area (Å²) in [6.45, 7) is 3.67. The van der Waals surface area contributed by atoms with E-state index >= 15 is 0 Å². The van der Waals surface area contributed by atoms with Crippen LogP contribution in [0.2, 0.25) is 0 Å². The maximum atomic E-state index is 12.6. The highest BCUT2D eigenvalue weighted by Gasteiger charge is 2.30. The van der Waals surface area contributed by atoms with Gasteiger partial charge in [-0.05, 0) is 55.8 Å². The maximum Gasteiger partial charge on any atom is 0.416 e. The minimum absolute atomic E-state index is 0.142. The summed E-state index contributed by atoms with van der Waals surface area (Å²) in [4.78, 5) is 20.4. The standard InChI is InChI=1S/C21H18F3N3O2/c1-13-14(2)25-12-26-20(13)27-19(28)11-15-3-7-17(8-4-15)29-18-9-5-16(6-10-18)21(22,23)24/h3-10,12H,11H2,1-2H3,(H,25,26,27,28). The predicted molar refractivity (Wildman–Crippen MR) is 102 cm³/mol. The Bertz CT molecular complexity index is 1000. The Morgan fingerprint density at radius 3 is 2.14 bits per heavy atom. The number of aryl methyl sites for hydroxylation is 1. The second-order valence-corrected chi connectivity index (χ2v) is 6.43. The summed E-state index contributed by atoms with van der Waals surface area (Å²) in [6.07, 6.45) is -2.85. The molecule has 3 aromatic rings. The van der Waals surface area contributed by atoms with Gasteiger partial charge in [0.15, 0.2) is 0 Å². The molecule has 0 aliphatic heterocycles. The fourth-order valence-corrected chi connectivity index (χ4v) is 2.55. The van der Waals surface area contributed by atoms with Crippen molar-refractivity contribution in [3.8, 4) is 11.5 Å². The number of carbonyl (C=O) groups excluding carboxylic acids is 1. The minimum Gasteiger partial charge on any atom is -0.457 e. The van der Waals surface area contributed by atoms with Crippen molar-refractivity contribution >= 4 is 11.7 Å². The van der Waals surface area contributed by atoms with Crippen LogP contribution in [0.25, 0.3) is 0 Å². The molecule has 0 saturated heterocycles. The number of aromatic nitrogens is 2. The Balaban J connectivity index is 1.60. The number of nitrogens with one attached hydrogen (secondary N) is 1. The summed E-state index contributed by atoms with van der Waals surface area (Å²) >= 11 is 0. The molecular weight excluding hydrogens is 383 g/mol. The predicted octanol–water partition coefficient (Wildman–Crippen LogP) is 5.09. The summed E-state index contributed by atoms with van der Waals surface area (Å²) in [7, 11) is 0. The van der Waals surface area contributed by atoms with Crippen LogP contribution in [-0.2, 0) is 17.4 Å². The topological polar surface area (TPSA) is 64.1 Å². The van der Waals surface area contributed by atoms with Crippen molar-refractivity contribution in [2.45, 2.75) is 26.4 Å². The molecule has 1 N–H and O–H groups in total. The van der Waals surface area contributed by atoms with Crippen LogP contribution in [-0.4, -0.2) is 15.9 Å². The van der Waals surface area contributed by atoms with E-state index in [0.717, 1.165) is 29.0 Å². The Hall–Kier alpha value is -3.42. The van der Waals surface area contributed by atoms with Gasteiger partial charge < -0.3 is 10.1 Å². The van der Waals surface area contributed by atoms with Gasteiger partial charge >= 0.3 is 6.18 Å². The molecule has 1 aromatic heterocycles. The van der Waals surface area contributed by atoms with Crippen LogP contribution in [0.4, 0.5) is 19.0 Å². The number of carbonyl (C=O) groups is 1. The van der Waals surface area contributed by atoms with Gasteiger partial charge in [-0.2, -0.15) is 13.2 Å². The molecule has 0 aliphatic rings. The lowest BCUT2D eigenvalue weighted by atomic mass is 10.1. The molecule has 0 bridgehead atoms. The highest BCUT2D eigenvalue weighted by Crippen LogP contribution is 2.31. The zero-order valence-corrected chi connectivity index (χ0v) is 15.7. The van der Waals surface area contributed by atoms with Crippen molar-refractivity contribution in [3.05, 3.63) is 77.2 Å². The molecule has 1 amide bonds. The lowest BCUT2D eigenvalue weighted by Gasteiger charge is -2.10. The fourth-order valence-electron chi connectivity index (χ4n) is 2.55. The number of anilines is 1. The van der Waals surface area contributed by atoms with Crippen molar-refractivity contribution in [1.82, 2.24) is 9.97 Å². The number of benzene rings is 2. The summed E-state index contributed by atoms with van der Waals surface area (Å²) < 4.78 is 43.3. The van der Waals surface area contributed by atoms with Gasteiger partial charge in [0.2, 0.25) is 5.91 Å². The molecule has 0 aliphatic carbocycles. The molecule has 29 heavy (non-hydrogen) atoms. The number of nitrogens with zero attached hydrogens (tertiary/aromatic N) is 2. The van der Waals surface area contributed by atoms with Crippen LogP contribution in [0, 0.1) is 13.8 Å². The second kappa shape index (κ2) is 8.30. The minimum atomic E-state index is -4.39. The SMILES string of the molecule is Cc1ncnc(NC(=O)Cc2ccc(Oc3ccc(C(F)(F)F)cc3)cc2)c1C. The first-order chi connectivity index (χ1) is 13.7. The first-order valence-electron chi connectivity index (χ1n) is 8.74. The molecular formula is C21H18F3N3O2. The van der Waals surface area contributed by atoms with Gasteiger partial charge in [0.25, 0.3) is 0 Å². The van der Waals surface area contributed by atoms with Crippen molar-refractivity contribution in [2.24, 2.45) is 0 Å². The van der Waals surface area contributed by atoms with Crippen LogP contribution < -0.4 is 10.1 Å². The number of amides is 1. The number of alkyl halides is 3. The Kier molecular flexibility index (Phi) is 5.81. The highest BCUT2D eigenvalue weighted by atomic mass is 19.4. The number of rotatable bonds is 5. The largest absolute Gasteiger partial charge is 0.457 e. The van der Waals surface area contributed by atoms with Crippen LogP contribution in [0.1, 0.15) is 22.4 Å². The summed E-state index contributed by atoms with van der Waals surface area (Å²) in [5, 5.41) is 2.76. The Morgan fingerprint density at radius 1 is 0.966 bits per heavy atom. The van der Waals surface area contributed by atoms with E-state index in [1.807, 2.05) is 13.8 Å². The van der Waals surface area contributed by atoms with E-state index in [1.54, 1.807) is 24.3 Å². The molecule has 0 fully saturated rings. The molecule has 0 saturated carbocycles. The van der Waals surface area contributed by atoms with Crippen molar-refractivity contribution in [3.63, 3.8) is 0 Å². The van der Waals surface area contributed by atoms with Crippen LogP contribution in [0.5, 0.6) is 11.5 Å². The van der Waals surface area contributed by atoms with Gasteiger partial charge in [-0.3, -0.25) is 4.79 Å². The molecule has 8 heteroatoms. The molecule has 5 nitrogen and oxygen atoms in total. The number of ether oxygens (including phenoxy) is 1. The van der Waals surface area contributed by atoms with Crippen molar-refractivity contribution in [2.75, 3.05) is 5.32 Å². The lowest BCUT2D eigenvalue weighted by molar-refractivity contribution is -0.137. The van der Waals surface area contributed by atoms with E-state index in [0.29, 0.717) is 11.6 Å². The van der Waals surface area contributed by atoms with E-state index in [9.17, 15) is 18.0 Å². The third-order valence-electron chi connectivity index (χ3n) is 4.30. The fraction of sp³-hybridized carbons (Fsp3) is 0.190. The van der Waals surface area contributed by atoms with Crippen molar-refractivity contribution < 1.29 is 22.7 Å². The van der Waals surface area contributed by atoms with E-state index in [-0.39, 0.29) is 18.1 Å². The quantitative estimate of drug-likeness (QED) is 0.647. The van der Waals surface area contributed by atoms with Gasteiger partial charge in [-0.15, -0.1) is 0 Å². The average Bonchev–Trinajstić information content (AvgIpc) is 2.67. The molecule has 0 unspecified atom stereocenters. The third-order valence-corrected chi connectivity index (χ3v) is 4.30. The monoisotopic (exact) mass is 401 g/mol. The van der Waals surface area contributed by atoms with E-state index < -0.39 is 11.7 Å². The highest BCUT2D eigenvalue weighted by molar-refractivity contribution is 5.92. The van der Waals surface area contributed by atoms with E-state index in [1.165, 1.54) is 18.5 Å². The second-order valence-electron chi connectivity index (χ2n) is 6.43. The molecule has 0 radical (unpaired) electrons. The molecule has 0 spiro atoms. The molecule has 2 aromatic carbocycles. The number of hydrogen-bond donors (Lipinski definition) is 1. The zero-order chi connectivity index (χ0) is 21.0. The molecule has 3 rings (SSSR count).